The fraction of sp³-hybridized carbons (Fsp3) is 0.188. The third-order valence-electron chi connectivity index (χ3n) is 2.98. The lowest BCUT2D eigenvalue weighted by atomic mass is 10.1. The zero-order valence-corrected chi connectivity index (χ0v) is 11.1. The number of halogens is 1. The summed E-state index contributed by atoms with van der Waals surface area (Å²) in [5.41, 5.74) is 7.13. The van der Waals surface area contributed by atoms with Crippen molar-refractivity contribution in [3.8, 4) is 11.8 Å². The number of nitrogens with zero attached hydrogens (tertiary/aromatic N) is 1. The molecule has 1 atom stereocenters. The van der Waals surface area contributed by atoms with Gasteiger partial charge in [0.25, 0.3) is 0 Å². The molecule has 0 aromatic heterocycles. The van der Waals surface area contributed by atoms with Crippen LogP contribution in [-0.2, 0) is 6.61 Å². The molecule has 20 heavy (non-hydrogen) atoms. The third-order valence-corrected chi connectivity index (χ3v) is 2.98. The summed E-state index contributed by atoms with van der Waals surface area (Å²) < 4.78 is 19.4. The van der Waals surface area contributed by atoms with Crippen molar-refractivity contribution >= 4 is 0 Å². The lowest BCUT2D eigenvalue weighted by Gasteiger charge is -2.10. The first-order valence-corrected chi connectivity index (χ1v) is 6.27. The molecular weight excluding hydrogens is 255 g/mol. The zero-order chi connectivity index (χ0) is 14.5. The van der Waals surface area contributed by atoms with Gasteiger partial charge < -0.3 is 10.5 Å². The lowest BCUT2D eigenvalue weighted by Crippen LogP contribution is -2.05. The normalized spacial score (nSPS) is 11.7. The van der Waals surface area contributed by atoms with Gasteiger partial charge in [-0.1, -0.05) is 24.3 Å². The minimum atomic E-state index is -0.529. The molecule has 0 saturated carbocycles. The summed E-state index contributed by atoms with van der Waals surface area (Å²) in [4.78, 5) is 0. The van der Waals surface area contributed by atoms with Crippen LogP contribution in [0.2, 0.25) is 0 Å². The first kappa shape index (κ1) is 14.0. The highest BCUT2D eigenvalue weighted by Gasteiger charge is 2.08. The molecule has 0 amide bonds. The van der Waals surface area contributed by atoms with Gasteiger partial charge in [-0.3, -0.25) is 0 Å². The molecule has 0 spiro atoms. The van der Waals surface area contributed by atoms with E-state index in [0.29, 0.717) is 11.3 Å². The second-order valence-electron chi connectivity index (χ2n) is 4.54. The Bertz CT molecular complexity index is 647. The molecule has 3 nitrogen and oxygen atoms in total. The Morgan fingerprint density at radius 2 is 2.05 bits per heavy atom. The molecule has 2 rings (SSSR count). The molecule has 2 N–H and O–H groups in total. The molecule has 0 aliphatic heterocycles. The molecule has 0 bridgehead atoms. The molecular formula is C16H15FN2O. The lowest BCUT2D eigenvalue weighted by molar-refractivity contribution is 0.299. The van der Waals surface area contributed by atoms with Crippen LogP contribution in [0.4, 0.5) is 4.39 Å². The highest BCUT2D eigenvalue weighted by molar-refractivity contribution is 5.35. The van der Waals surface area contributed by atoms with Crippen LogP contribution in [0.3, 0.4) is 0 Å². The summed E-state index contributed by atoms with van der Waals surface area (Å²) in [6, 6.07) is 13.8. The summed E-state index contributed by atoms with van der Waals surface area (Å²) >= 11 is 0. The van der Waals surface area contributed by atoms with E-state index in [1.54, 1.807) is 18.2 Å². The predicted octanol–water partition coefficient (Wildman–Crippen LogP) is 3.30. The van der Waals surface area contributed by atoms with Crippen molar-refractivity contribution in [1.29, 1.82) is 5.26 Å². The van der Waals surface area contributed by atoms with Crippen LogP contribution < -0.4 is 10.5 Å². The van der Waals surface area contributed by atoms with E-state index in [1.165, 1.54) is 6.07 Å². The van der Waals surface area contributed by atoms with Crippen molar-refractivity contribution in [1.82, 2.24) is 0 Å². The first-order valence-electron chi connectivity index (χ1n) is 6.27. The fourth-order valence-electron chi connectivity index (χ4n) is 1.83. The van der Waals surface area contributed by atoms with Gasteiger partial charge in [0.05, 0.1) is 5.56 Å². The Balaban J connectivity index is 2.13. The average Bonchev–Trinajstić information content (AvgIpc) is 2.46. The van der Waals surface area contributed by atoms with Crippen LogP contribution in [0.15, 0.2) is 42.5 Å². The monoisotopic (exact) mass is 270 g/mol. The second kappa shape index (κ2) is 6.18. The Kier molecular flexibility index (Phi) is 4.34. The highest BCUT2D eigenvalue weighted by Crippen LogP contribution is 2.20. The summed E-state index contributed by atoms with van der Waals surface area (Å²) in [6.07, 6.45) is 0. The van der Waals surface area contributed by atoms with Gasteiger partial charge in [-0.2, -0.15) is 5.26 Å². The maximum absolute atomic E-state index is 13.9. The number of nitrogens with two attached hydrogens (primary N) is 1. The third kappa shape index (κ3) is 3.14. The van der Waals surface area contributed by atoms with Gasteiger partial charge in [-0.05, 0) is 30.7 Å². The second-order valence-corrected chi connectivity index (χ2v) is 4.54. The summed E-state index contributed by atoms with van der Waals surface area (Å²) in [6.45, 7) is 1.96. The van der Waals surface area contributed by atoms with E-state index in [9.17, 15) is 4.39 Å². The van der Waals surface area contributed by atoms with Crippen molar-refractivity contribution in [2.24, 2.45) is 5.73 Å². The molecule has 2 aromatic carbocycles. The van der Waals surface area contributed by atoms with E-state index in [-0.39, 0.29) is 18.2 Å². The smallest absolute Gasteiger partial charge is 0.147 e. The summed E-state index contributed by atoms with van der Waals surface area (Å²) in [5.74, 6) is 0.0971. The highest BCUT2D eigenvalue weighted by atomic mass is 19.1. The van der Waals surface area contributed by atoms with Crippen molar-refractivity contribution < 1.29 is 9.13 Å². The van der Waals surface area contributed by atoms with E-state index >= 15 is 0 Å². The zero-order valence-electron chi connectivity index (χ0n) is 11.1. The van der Waals surface area contributed by atoms with Crippen LogP contribution in [0.5, 0.6) is 5.75 Å². The van der Waals surface area contributed by atoms with Crippen LogP contribution in [0, 0.1) is 17.1 Å². The molecule has 102 valence electrons. The molecule has 4 heteroatoms. The van der Waals surface area contributed by atoms with Crippen LogP contribution >= 0.6 is 0 Å². The molecule has 2 aromatic rings. The number of nitriles is 1. The number of hydrogen-bond donors (Lipinski definition) is 1. The van der Waals surface area contributed by atoms with Crippen LogP contribution in [-0.4, -0.2) is 0 Å². The predicted molar refractivity (Wildman–Crippen MR) is 74.5 cm³/mol. The van der Waals surface area contributed by atoms with Crippen molar-refractivity contribution in [3.05, 3.63) is 65.0 Å². The van der Waals surface area contributed by atoms with Crippen LogP contribution in [0.25, 0.3) is 0 Å². The minimum Gasteiger partial charge on any atom is -0.489 e. The van der Waals surface area contributed by atoms with Gasteiger partial charge in [0.1, 0.15) is 24.2 Å². The van der Waals surface area contributed by atoms with Gasteiger partial charge in [0.2, 0.25) is 0 Å². The number of ether oxygens (including phenoxy) is 1. The Labute approximate surface area is 117 Å². The van der Waals surface area contributed by atoms with E-state index in [1.807, 2.05) is 31.2 Å². The molecule has 0 unspecified atom stereocenters. The molecule has 0 aliphatic rings. The maximum atomic E-state index is 13.9. The van der Waals surface area contributed by atoms with Gasteiger partial charge in [-0.25, -0.2) is 4.39 Å². The molecule has 0 radical (unpaired) electrons. The van der Waals surface area contributed by atoms with Crippen molar-refractivity contribution in [3.63, 3.8) is 0 Å². The van der Waals surface area contributed by atoms with Gasteiger partial charge in [0, 0.05) is 11.6 Å². The van der Waals surface area contributed by atoms with Crippen molar-refractivity contribution in [2.45, 2.75) is 19.6 Å². The summed E-state index contributed by atoms with van der Waals surface area (Å²) in [7, 11) is 0. The fourth-order valence-corrected chi connectivity index (χ4v) is 1.83. The first-order chi connectivity index (χ1) is 9.61. The van der Waals surface area contributed by atoms with Gasteiger partial charge >= 0.3 is 0 Å². The van der Waals surface area contributed by atoms with E-state index in [2.05, 4.69) is 0 Å². The van der Waals surface area contributed by atoms with Crippen LogP contribution in [0.1, 0.15) is 29.7 Å². The largest absolute Gasteiger partial charge is 0.489 e. The molecule has 0 fully saturated rings. The summed E-state index contributed by atoms with van der Waals surface area (Å²) in [5, 5.41) is 8.78. The Hall–Kier alpha value is -2.38. The Morgan fingerprint density at radius 3 is 2.75 bits per heavy atom. The average molecular weight is 270 g/mol. The minimum absolute atomic E-state index is 0.0235. The SMILES string of the molecule is C[C@@H](N)c1cccc(OCc2cccc(C#N)c2F)c1. The van der Waals surface area contributed by atoms with E-state index in [4.69, 9.17) is 15.7 Å². The maximum Gasteiger partial charge on any atom is 0.147 e. The quantitative estimate of drug-likeness (QED) is 0.927. The van der Waals surface area contributed by atoms with E-state index < -0.39 is 5.82 Å². The number of rotatable bonds is 4. The Morgan fingerprint density at radius 1 is 1.30 bits per heavy atom. The number of benzene rings is 2. The molecule has 0 saturated heterocycles. The standard InChI is InChI=1S/C16H15FN2O/c1-11(19)12-4-3-7-15(8-12)20-10-14-6-2-5-13(9-18)16(14)17/h2-8,11H,10,19H2,1H3/t11-/m1/s1. The number of hydrogen-bond acceptors (Lipinski definition) is 3. The molecule has 0 aliphatic carbocycles. The van der Waals surface area contributed by atoms with Crippen molar-refractivity contribution in [2.75, 3.05) is 0 Å². The molecule has 0 heterocycles. The van der Waals surface area contributed by atoms with E-state index in [0.717, 1.165) is 5.56 Å². The topological polar surface area (TPSA) is 59.0 Å². The van der Waals surface area contributed by atoms with Gasteiger partial charge in [-0.15, -0.1) is 0 Å². The van der Waals surface area contributed by atoms with Gasteiger partial charge in [0.15, 0.2) is 0 Å².